The SMILES string of the molecule is Cc1cc2c(cc1S(=O)(=O)N1CCCC(C(=O)NCc3ccc(N(C)C)cc3)C1)OCC(=O)N2. The van der Waals surface area contributed by atoms with Crippen LogP contribution in [0.25, 0.3) is 0 Å². The number of nitrogens with one attached hydrogen (secondary N) is 2. The summed E-state index contributed by atoms with van der Waals surface area (Å²) in [7, 11) is 0.107. The second kappa shape index (κ2) is 9.63. The number of carbonyl (C=O) groups excluding carboxylic acids is 2. The predicted molar refractivity (Wildman–Crippen MR) is 129 cm³/mol. The zero-order valence-electron chi connectivity index (χ0n) is 19.6. The molecule has 4 rings (SSSR count). The van der Waals surface area contributed by atoms with Gasteiger partial charge in [-0.2, -0.15) is 4.31 Å². The van der Waals surface area contributed by atoms with E-state index in [0.29, 0.717) is 42.9 Å². The lowest BCUT2D eigenvalue weighted by Gasteiger charge is -2.32. The number of anilines is 2. The molecule has 9 nitrogen and oxygen atoms in total. The average molecular weight is 487 g/mol. The second-order valence-corrected chi connectivity index (χ2v) is 10.8. The number of piperidine rings is 1. The van der Waals surface area contributed by atoms with Crippen molar-refractivity contribution < 1.29 is 22.7 Å². The van der Waals surface area contributed by atoms with Crippen LogP contribution in [0.15, 0.2) is 41.3 Å². The summed E-state index contributed by atoms with van der Waals surface area (Å²) < 4.78 is 33.7. The number of fused-ring (bicyclic) bond motifs is 1. The van der Waals surface area contributed by atoms with Crippen molar-refractivity contribution in [2.24, 2.45) is 5.92 Å². The van der Waals surface area contributed by atoms with Gasteiger partial charge in [0.05, 0.1) is 16.5 Å². The van der Waals surface area contributed by atoms with E-state index in [4.69, 9.17) is 4.74 Å². The topological polar surface area (TPSA) is 108 Å². The second-order valence-electron chi connectivity index (χ2n) is 8.93. The number of carbonyl (C=O) groups is 2. The molecule has 10 heteroatoms. The highest BCUT2D eigenvalue weighted by Gasteiger charge is 2.35. The zero-order chi connectivity index (χ0) is 24.5. The highest BCUT2D eigenvalue weighted by molar-refractivity contribution is 7.89. The molecule has 182 valence electrons. The van der Waals surface area contributed by atoms with Crippen LogP contribution in [-0.4, -0.2) is 58.3 Å². The van der Waals surface area contributed by atoms with Gasteiger partial charge in [0.15, 0.2) is 6.61 Å². The van der Waals surface area contributed by atoms with Crippen LogP contribution in [0.5, 0.6) is 5.75 Å². The Morgan fingerprint density at radius 2 is 1.97 bits per heavy atom. The first kappa shape index (κ1) is 24.0. The molecule has 1 unspecified atom stereocenters. The van der Waals surface area contributed by atoms with E-state index in [1.807, 2.05) is 43.3 Å². The highest BCUT2D eigenvalue weighted by atomic mass is 32.2. The minimum Gasteiger partial charge on any atom is -0.482 e. The van der Waals surface area contributed by atoms with Crippen molar-refractivity contribution in [2.45, 2.75) is 31.2 Å². The first-order chi connectivity index (χ1) is 16.1. The third kappa shape index (κ3) is 5.02. The van der Waals surface area contributed by atoms with Gasteiger partial charge in [0, 0.05) is 45.5 Å². The minimum atomic E-state index is -3.83. The van der Waals surface area contributed by atoms with Gasteiger partial charge in [-0.15, -0.1) is 0 Å². The Morgan fingerprint density at radius 1 is 1.24 bits per heavy atom. The molecule has 0 radical (unpaired) electrons. The molecule has 2 aliphatic heterocycles. The molecule has 0 aliphatic carbocycles. The van der Waals surface area contributed by atoms with Gasteiger partial charge in [-0.05, 0) is 49.1 Å². The summed E-state index contributed by atoms with van der Waals surface area (Å²) in [6.07, 6.45) is 1.24. The van der Waals surface area contributed by atoms with Gasteiger partial charge in [-0.3, -0.25) is 9.59 Å². The van der Waals surface area contributed by atoms with E-state index in [2.05, 4.69) is 10.6 Å². The smallest absolute Gasteiger partial charge is 0.262 e. The molecule has 0 saturated carbocycles. The zero-order valence-corrected chi connectivity index (χ0v) is 20.4. The fourth-order valence-corrected chi connectivity index (χ4v) is 6.00. The molecule has 34 heavy (non-hydrogen) atoms. The van der Waals surface area contributed by atoms with Crippen molar-refractivity contribution in [3.8, 4) is 5.75 Å². The normalized spacial score (nSPS) is 18.4. The molecule has 2 aromatic carbocycles. The predicted octanol–water partition coefficient (Wildman–Crippen LogP) is 2.11. The van der Waals surface area contributed by atoms with Gasteiger partial charge in [-0.25, -0.2) is 8.42 Å². The van der Waals surface area contributed by atoms with E-state index < -0.39 is 15.9 Å². The summed E-state index contributed by atoms with van der Waals surface area (Å²) in [6.45, 7) is 2.40. The summed E-state index contributed by atoms with van der Waals surface area (Å²) in [5, 5.41) is 5.64. The lowest BCUT2D eigenvalue weighted by molar-refractivity contribution is -0.126. The van der Waals surface area contributed by atoms with E-state index in [1.54, 1.807) is 13.0 Å². The molecule has 1 saturated heterocycles. The Hall–Kier alpha value is -3.11. The van der Waals surface area contributed by atoms with Gasteiger partial charge in [-0.1, -0.05) is 12.1 Å². The summed E-state index contributed by atoms with van der Waals surface area (Å²) in [5.41, 5.74) is 3.03. The van der Waals surface area contributed by atoms with Gasteiger partial charge in [0.2, 0.25) is 15.9 Å². The number of aryl methyl sites for hydroxylation is 1. The van der Waals surface area contributed by atoms with Gasteiger partial charge < -0.3 is 20.3 Å². The fraction of sp³-hybridized carbons (Fsp3) is 0.417. The molecule has 1 atom stereocenters. The monoisotopic (exact) mass is 486 g/mol. The largest absolute Gasteiger partial charge is 0.482 e. The minimum absolute atomic E-state index is 0.127. The molecular weight excluding hydrogens is 456 g/mol. The number of amides is 2. The lowest BCUT2D eigenvalue weighted by atomic mass is 9.98. The Balaban J connectivity index is 1.43. The van der Waals surface area contributed by atoms with Crippen LogP contribution < -0.4 is 20.3 Å². The van der Waals surface area contributed by atoms with Crippen molar-refractivity contribution in [2.75, 3.05) is 44.0 Å². The molecule has 0 spiro atoms. The highest BCUT2D eigenvalue weighted by Crippen LogP contribution is 2.35. The molecule has 0 aromatic heterocycles. The van der Waals surface area contributed by atoms with Crippen LogP contribution in [0, 0.1) is 12.8 Å². The van der Waals surface area contributed by atoms with E-state index in [1.165, 1.54) is 10.4 Å². The third-order valence-corrected chi connectivity index (χ3v) is 8.21. The van der Waals surface area contributed by atoms with E-state index in [-0.39, 0.29) is 29.9 Å². The first-order valence-corrected chi connectivity index (χ1v) is 12.7. The Morgan fingerprint density at radius 3 is 2.68 bits per heavy atom. The van der Waals surface area contributed by atoms with Crippen molar-refractivity contribution >= 4 is 33.2 Å². The molecule has 2 aromatic rings. The third-order valence-electron chi connectivity index (χ3n) is 6.20. The Labute approximate surface area is 200 Å². The molecule has 2 N–H and O–H groups in total. The average Bonchev–Trinajstić information content (AvgIpc) is 2.82. The van der Waals surface area contributed by atoms with Gasteiger partial charge in [0.1, 0.15) is 5.75 Å². The van der Waals surface area contributed by atoms with Crippen molar-refractivity contribution in [3.05, 3.63) is 47.5 Å². The number of hydrogen-bond donors (Lipinski definition) is 2. The molecular formula is C24H30N4O5S. The maximum absolute atomic E-state index is 13.4. The van der Waals surface area contributed by atoms with Crippen LogP contribution in [-0.2, 0) is 26.2 Å². The first-order valence-electron chi connectivity index (χ1n) is 11.3. The summed E-state index contributed by atoms with van der Waals surface area (Å²) in [6, 6.07) is 11.0. The van der Waals surface area contributed by atoms with Crippen molar-refractivity contribution in [3.63, 3.8) is 0 Å². The number of hydrogen-bond acceptors (Lipinski definition) is 6. The Kier molecular flexibility index (Phi) is 6.81. The van der Waals surface area contributed by atoms with E-state index in [9.17, 15) is 18.0 Å². The molecule has 2 amide bonds. The van der Waals surface area contributed by atoms with Crippen molar-refractivity contribution in [1.82, 2.24) is 9.62 Å². The quantitative estimate of drug-likeness (QED) is 0.648. The maximum Gasteiger partial charge on any atom is 0.262 e. The van der Waals surface area contributed by atoms with E-state index in [0.717, 1.165) is 11.3 Å². The lowest BCUT2D eigenvalue weighted by Crippen LogP contribution is -2.45. The number of nitrogens with zero attached hydrogens (tertiary/aromatic N) is 2. The van der Waals surface area contributed by atoms with Crippen LogP contribution in [0.1, 0.15) is 24.0 Å². The molecule has 2 aliphatic rings. The van der Waals surface area contributed by atoms with Crippen LogP contribution in [0.2, 0.25) is 0 Å². The molecule has 0 bridgehead atoms. The summed E-state index contributed by atoms with van der Waals surface area (Å²) >= 11 is 0. The molecule has 2 heterocycles. The number of rotatable bonds is 6. The van der Waals surface area contributed by atoms with Gasteiger partial charge >= 0.3 is 0 Å². The molecule has 1 fully saturated rings. The van der Waals surface area contributed by atoms with E-state index >= 15 is 0 Å². The summed E-state index contributed by atoms with van der Waals surface area (Å²) in [5.74, 6) is -0.515. The number of sulfonamides is 1. The standard InChI is InChI=1S/C24H30N4O5S/c1-16-11-20-21(33-15-23(29)26-20)12-22(16)34(31,32)28-10-4-5-18(14-28)24(30)25-13-17-6-8-19(9-7-17)27(2)3/h6-9,11-12,18H,4-5,10,13-15H2,1-3H3,(H,25,30)(H,26,29). The Bertz CT molecular complexity index is 1190. The van der Waals surface area contributed by atoms with Crippen molar-refractivity contribution in [1.29, 1.82) is 0 Å². The number of benzene rings is 2. The maximum atomic E-state index is 13.4. The van der Waals surface area contributed by atoms with Crippen LogP contribution in [0.4, 0.5) is 11.4 Å². The van der Waals surface area contributed by atoms with Crippen LogP contribution in [0.3, 0.4) is 0 Å². The summed E-state index contributed by atoms with van der Waals surface area (Å²) in [4.78, 5) is 26.5. The van der Waals surface area contributed by atoms with Gasteiger partial charge in [0.25, 0.3) is 5.91 Å². The fourth-order valence-electron chi connectivity index (χ4n) is 4.25. The number of ether oxygens (including phenoxy) is 1. The van der Waals surface area contributed by atoms with Crippen LogP contribution >= 0.6 is 0 Å².